The zero-order valence-electron chi connectivity index (χ0n) is 12.9. The Hall–Kier alpha value is -2.02. The second-order valence-electron chi connectivity index (χ2n) is 6.31. The van der Waals surface area contributed by atoms with E-state index in [0.29, 0.717) is 12.5 Å². The molecule has 3 heterocycles. The molecule has 6 nitrogen and oxygen atoms in total. The monoisotopic (exact) mass is 317 g/mol. The maximum absolute atomic E-state index is 13.0. The molecule has 1 fully saturated rings. The smallest absolute Gasteiger partial charge is 0.225 e. The van der Waals surface area contributed by atoms with Gasteiger partial charge in [0.2, 0.25) is 5.95 Å². The van der Waals surface area contributed by atoms with Crippen LogP contribution < -0.4 is 4.90 Å². The molecule has 0 N–H and O–H groups in total. The maximum Gasteiger partial charge on any atom is 0.225 e. The first-order valence-electron chi connectivity index (χ1n) is 8.12. The minimum atomic E-state index is -0.416. The minimum absolute atomic E-state index is 0.224. The van der Waals surface area contributed by atoms with Crippen LogP contribution in [0.1, 0.15) is 31.0 Å². The summed E-state index contributed by atoms with van der Waals surface area (Å²) in [5.41, 5.74) is 1.12. The molecule has 2 aliphatic rings. The predicted molar refractivity (Wildman–Crippen MR) is 82.5 cm³/mol. The van der Waals surface area contributed by atoms with E-state index in [4.69, 9.17) is 4.74 Å². The van der Waals surface area contributed by atoms with Crippen LogP contribution in [0.4, 0.5) is 10.3 Å². The Kier molecular flexibility index (Phi) is 3.95. The highest BCUT2D eigenvalue weighted by atomic mass is 19.1. The molecule has 0 saturated heterocycles. The van der Waals surface area contributed by atoms with Crippen molar-refractivity contribution < 1.29 is 9.13 Å². The summed E-state index contributed by atoms with van der Waals surface area (Å²) in [5, 5.41) is 4.44. The van der Waals surface area contributed by atoms with E-state index < -0.39 is 5.82 Å². The predicted octanol–water partition coefficient (Wildman–Crippen LogP) is 2.19. The average Bonchev–Trinajstić information content (AvgIpc) is 3.26. The van der Waals surface area contributed by atoms with Gasteiger partial charge in [-0.1, -0.05) is 0 Å². The number of hydrogen-bond donors (Lipinski definition) is 0. The normalized spacial score (nSPS) is 20.6. The molecule has 0 amide bonds. The second-order valence-corrected chi connectivity index (χ2v) is 6.31. The molecular weight excluding hydrogens is 297 g/mol. The molecule has 1 saturated carbocycles. The van der Waals surface area contributed by atoms with Crippen molar-refractivity contribution in [1.82, 2.24) is 19.7 Å². The minimum Gasteiger partial charge on any atom is -0.381 e. The summed E-state index contributed by atoms with van der Waals surface area (Å²) in [7, 11) is 0. The lowest BCUT2D eigenvalue weighted by atomic mass is 10.1. The van der Waals surface area contributed by atoms with E-state index in [9.17, 15) is 4.39 Å². The van der Waals surface area contributed by atoms with Crippen LogP contribution in [0.15, 0.2) is 24.7 Å². The van der Waals surface area contributed by atoms with Crippen molar-refractivity contribution in [1.29, 1.82) is 0 Å². The lowest BCUT2D eigenvalue weighted by Gasteiger charge is -2.33. The summed E-state index contributed by atoms with van der Waals surface area (Å²) in [6.45, 7) is 3.06. The molecule has 2 aromatic rings. The van der Waals surface area contributed by atoms with Gasteiger partial charge in [-0.25, -0.2) is 14.4 Å². The van der Waals surface area contributed by atoms with Gasteiger partial charge < -0.3 is 9.64 Å². The molecule has 1 aliphatic carbocycles. The summed E-state index contributed by atoms with van der Waals surface area (Å²) >= 11 is 0. The van der Waals surface area contributed by atoms with Gasteiger partial charge in [-0.05, 0) is 31.2 Å². The molecule has 0 bridgehead atoms. The molecule has 0 unspecified atom stereocenters. The van der Waals surface area contributed by atoms with E-state index >= 15 is 0 Å². The van der Waals surface area contributed by atoms with E-state index in [1.165, 1.54) is 25.2 Å². The fraction of sp³-hybridized carbons (Fsp3) is 0.562. The molecule has 4 rings (SSSR count). The highest BCUT2D eigenvalue weighted by Gasteiger charge is 2.27. The van der Waals surface area contributed by atoms with E-state index in [1.54, 1.807) is 0 Å². The number of fused-ring (bicyclic) bond motifs is 1. The summed E-state index contributed by atoms with van der Waals surface area (Å²) < 4.78 is 20.9. The van der Waals surface area contributed by atoms with Crippen molar-refractivity contribution in [3.63, 3.8) is 0 Å². The Morgan fingerprint density at radius 1 is 1.26 bits per heavy atom. The van der Waals surface area contributed by atoms with Crippen molar-refractivity contribution in [3.8, 4) is 0 Å². The molecule has 0 radical (unpaired) electrons. The van der Waals surface area contributed by atoms with Gasteiger partial charge in [-0.15, -0.1) is 0 Å². The van der Waals surface area contributed by atoms with Gasteiger partial charge in [0.15, 0.2) is 5.82 Å². The standard InChI is InChI=1S/C16H20FN5O/c17-13-7-18-16(19-8-13)21-9-14-3-5-20-22(14)15(10-21)4-6-23-11-12-1-2-12/h3,5,7-8,12,15H,1-2,4,6,9-11H2/t15-/m1/s1. The lowest BCUT2D eigenvalue weighted by molar-refractivity contribution is 0.109. The van der Waals surface area contributed by atoms with Gasteiger partial charge in [-0.3, -0.25) is 4.68 Å². The Morgan fingerprint density at radius 2 is 2.09 bits per heavy atom. The first-order chi connectivity index (χ1) is 11.3. The molecule has 7 heteroatoms. The van der Waals surface area contributed by atoms with Crippen LogP contribution in [0.25, 0.3) is 0 Å². The van der Waals surface area contributed by atoms with E-state index in [0.717, 1.165) is 37.8 Å². The number of halogens is 1. The van der Waals surface area contributed by atoms with Crippen LogP contribution in [-0.2, 0) is 11.3 Å². The summed E-state index contributed by atoms with van der Waals surface area (Å²) in [6.07, 6.45) is 7.76. The maximum atomic E-state index is 13.0. The zero-order chi connectivity index (χ0) is 15.6. The first kappa shape index (κ1) is 14.6. The summed E-state index contributed by atoms with van der Waals surface area (Å²) in [5.74, 6) is 0.925. The van der Waals surface area contributed by atoms with Gasteiger partial charge in [0.05, 0.1) is 30.7 Å². The van der Waals surface area contributed by atoms with Gasteiger partial charge in [0.25, 0.3) is 0 Å². The summed E-state index contributed by atoms with van der Waals surface area (Å²) in [4.78, 5) is 10.3. The Bertz CT molecular complexity index is 655. The van der Waals surface area contributed by atoms with E-state index in [2.05, 4.69) is 24.6 Å². The highest BCUT2D eigenvalue weighted by molar-refractivity contribution is 5.32. The molecular formula is C16H20FN5O. The van der Waals surface area contributed by atoms with Crippen molar-refractivity contribution in [2.75, 3.05) is 24.7 Å². The second kappa shape index (κ2) is 6.23. The highest BCUT2D eigenvalue weighted by Crippen LogP contribution is 2.29. The first-order valence-corrected chi connectivity index (χ1v) is 8.12. The number of hydrogen-bond acceptors (Lipinski definition) is 5. The van der Waals surface area contributed by atoms with Gasteiger partial charge >= 0.3 is 0 Å². The number of anilines is 1. The Balaban J connectivity index is 1.43. The van der Waals surface area contributed by atoms with E-state index in [1.807, 2.05) is 12.3 Å². The number of nitrogens with zero attached hydrogens (tertiary/aromatic N) is 5. The quantitative estimate of drug-likeness (QED) is 0.765. The van der Waals surface area contributed by atoms with Crippen LogP contribution in [0.2, 0.25) is 0 Å². The van der Waals surface area contributed by atoms with Crippen molar-refractivity contribution >= 4 is 5.95 Å². The molecule has 1 atom stereocenters. The van der Waals surface area contributed by atoms with Crippen LogP contribution in [0, 0.1) is 11.7 Å². The van der Waals surface area contributed by atoms with Gasteiger partial charge in [0, 0.05) is 26.0 Å². The Labute approximate surface area is 134 Å². The average molecular weight is 317 g/mol. The fourth-order valence-corrected chi connectivity index (χ4v) is 2.98. The van der Waals surface area contributed by atoms with Crippen molar-refractivity contribution in [2.45, 2.75) is 31.8 Å². The molecule has 23 heavy (non-hydrogen) atoms. The fourth-order valence-electron chi connectivity index (χ4n) is 2.98. The SMILES string of the molecule is Fc1cnc(N2Cc3ccnn3[C@H](CCOCC3CC3)C2)nc1. The van der Waals surface area contributed by atoms with E-state index in [-0.39, 0.29) is 6.04 Å². The van der Waals surface area contributed by atoms with Crippen LogP contribution in [-0.4, -0.2) is 39.5 Å². The Morgan fingerprint density at radius 3 is 2.87 bits per heavy atom. The van der Waals surface area contributed by atoms with Crippen molar-refractivity contribution in [2.24, 2.45) is 5.92 Å². The third-order valence-corrected chi connectivity index (χ3v) is 4.42. The number of ether oxygens (including phenoxy) is 1. The molecule has 0 spiro atoms. The topological polar surface area (TPSA) is 56.1 Å². The van der Waals surface area contributed by atoms with Crippen molar-refractivity contribution in [3.05, 3.63) is 36.2 Å². The van der Waals surface area contributed by atoms with Crippen LogP contribution in [0.3, 0.4) is 0 Å². The molecule has 122 valence electrons. The zero-order valence-corrected chi connectivity index (χ0v) is 12.9. The van der Waals surface area contributed by atoms with Crippen LogP contribution in [0.5, 0.6) is 0 Å². The molecule has 2 aromatic heterocycles. The molecule has 0 aromatic carbocycles. The molecule has 1 aliphatic heterocycles. The number of rotatable bonds is 6. The van der Waals surface area contributed by atoms with Gasteiger partial charge in [-0.2, -0.15) is 5.10 Å². The van der Waals surface area contributed by atoms with Crippen LogP contribution >= 0.6 is 0 Å². The third kappa shape index (κ3) is 3.34. The largest absolute Gasteiger partial charge is 0.381 e. The van der Waals surface area contributed by atoms with Gasteiger partial charge in [0.1, 0.15) is 0 Å². The lowest BCUT2D eigenvalue weighted by Crippen LogP contribution is -2.39. The summed E-state index contributed by atoms with van der Waals surface area (Å²) in [6, 6.07) is 2.23. The third-order valence-electron chi connectivity index (χ3n) is 4.42. The number of aromatic nitrogens is 4.